The Kier molecular flexibility index (Phi) is 5.58. The maximum atomic E-state index is 12.6. The summed E-state index contributed by atoms with van der Waals surface area (Å²) >= 11 is 3.41. The number of esters is 1. The summed E-state index contributed by atoms with van der Waals surface area (Å²) in [5, 5.41) is 0. The molecule has 0 aromatic heterocycles. The topological polar surface area (TPSA) is 55.8 Å². The molecule has 0 radical (unpaired) electrons. The van der Waals surface area contributed by atoms with Gasteiger partial charge in [0.25, 0.3) is 0 Å². The monoisotopic (exact) mass is 397 g/mol. The number of nitrogens with zero attached hydrogens (tertiary/aromatic N) is 1. The predicted molar refractivity (Wildman–Crippen MR) is 94.8 cm³/mol. The van der Waals surface area contributed by atoms with E-state index in [4.69, 9.17) is 9.47 Å². The van der Waals surface area contributed by atoms with Crippen LogP contribution in [-0.4, -0.2) is 41.8 Å². The minimum absolute atomic E-state index is 0.395. The summed E-state index contributed by atoms with van der Waals surface area (Å²) in [6.45, 7) is 5.93. The second kappa shape index (κ2) is 7.13. The van der Waals surface area contributed by atoms with Crippen molar-refractivity contribution >= 4 is 28.0 Å². The molecule has 5 nitrogen and oxygen atoms in total. The van der Waals surface area contributed by atoms with Crippen LogP contribution in [0.3, 0.4) is 0 Å². The third-order valence-corrected chi connectivity index (χ3v) is 4.61. The lowest BCUT2D eigenvalue weighted by Crippen LogP contribution is -2.56. The lowest BCUT2D eigenvalue weighted by atomic mass is 9.88. The third-order valence-electron chi connectivity index (χ3n) is 4.08. The van der Waals surface area contributed by atoms with Crippen LogP contribution in [0.1, 0.15) is 39.2 Å². The van der Waals surface area contributed by atoms with Crippen LogP contribution in [0.15, 0.2) is 28.7 Å². The van der Waals surface area contributed by atoms with Gasteiger partial charge in [-0.2, -0.15) is 0 Å². The number of hydrogen-bond acceptors (Lipinski definition) is 4. The molecule has 2 rings (SSSR count). The molecule has 0 aliphatic carbocycles. The number of hydrogen-bond donors (Lipinski definition) is 0. The van der Waals surface area contributed by atoms with Gasteiger partial charge in [-0.15, -0.1) is 0 Å². The molecule has 24 heavy (non-hydrogen) atoms. The quantitative estimate of drug-likeness (QED) is 0.724. The number of likely N-dealkylation sites (tertiary alicyclic amines) is 1. The Labute approximate surface area is 151 Å². The molecule has 1 fully saturated rings. The fraction of sp³-hybridized carbons (Fsp3) is 0.556. The van der Waals surface area contributed by atoms with E-state index in [1.165, 1.54) is 12.0 Å². The molecule has 0 bridgehead atoms. The number of halogens is 1. The number of methoxy groups -OCH3 is 1. The number of rotatable bonds is 3. The average Bonchev–Trinajstić information content (AvgIpc) is 2.92. The smallest absolute Gasteiger partial charge is 0.411 e. The highest BCUT2D eigenvalue weighted by Crippen LogP contribution is 2.35. The number of carbonyl (C=O) groups is 2. The maximum Gasteiger partial charge on any atom is 0.411 e. The van der Waals surface area contributed by atoms with Crippen molar-refractivity contribution in [3.05, 3.63) is 34.3 Å². The minimum atomic E-state index is -1.01. The summed E-state index contributed by atoms with van der Waals surface area (Å²) in [7, 11) is 1.36. The van der Waals surface area contributed by atoms with Gasteiger partial charge in [0, 0.05) is 17.4 Å². The number of benzene rings is 1. The summed E-state index contributed by atoms with van der Waals surface area (Å²) in [5.74, 6) is -0.395. The van der Waals surface area contributed by atoms with Crippen molar-refractivity contribution in [2.45, 2.75) is 51.2 Å². The van der Waals surface area contributed by atoms with Gasteiger partial charge in [-0.3, -0.25) is 4.90 Å². The van der Waals surface area contributed by atoms with Gasteiger partial charge in [0.15, 0.2) is 0 Å². The Hall–Kier alpha value is -1.56. The van der Waals surface area contributed by atoms with Crippen LogP contribution < -0.4 is 0 Å². The van der Waals surface area contributed by atoms with Gasteiger partial charge >= 0.3 is 12.1 Å². The van der Waals surface area contributed by atoms with E-state index < -0.39 is 23.2 Å². The van der Waals surface area contributed by atoms with Gasteiger partial charge in [-0.25, -0.2) is 9.59 Å². The van der Waals surface area contributed by atoms with Crippen molar-refractivity contribution in [3.63, 3.8) is 0 Å². The summed E-state index contributed by atoms with van der Waals surface area (Å²) in [6.07, 6.45) is 1.24. The van der Waals surface area contributed by atoms with Crippen LogP contribution in [0.25, 0.3) is 0 Å². The maximum absolute atomic E-state index is 12.6. The minimum Gasteiger partial charge on any atom is -0.467 e. The molecule has 0 N–H and O–H groups in total. The molecule has 0 saturated carbocycles. The highest BCUT2D eigenvalue weighted by atomic mass is 79.9. The van der Waals surface area contributed by atoms with Crippen LogP contribution in [0.4, 0.5) is 4.79 Å². The lowest BCUT2D eigenvalue weighted by molar-refractivity contribution is -0.153. The van der Waals surface area contributed by atoms with Crippen LogP contribution in [-0.2, 0) is 20.7 Å². The molecule has 1 unspecified atom stereocenters. The molecule has 1 heterocycles. The summed E-state index contributed by atoms with van der Waals surface area (Å²) in [6, 6.07) is 7.74. The van der Waals surface area contributed by atoms with Crippen LogP contribution in [0, 0.1) is 0 Å². The summed E-state index contributed by atoms with van der Waals surface area (Å²) in [5.41, 5.74) is -0.650. The van der Waals surface area contributed by atoms with Crippen molar-refractivity contribution in [3.8, 4) is 0 Å². The number of carbonyl (C=O) groups excluding carboxylic acids is 2. The van der Waals surface area contributed by atoms with Crippen molar-refractivity contribution in [2.75, 3.05) is 13.7 Å². The normalized spacial score (nSPS) is 20.8. The van der Waals surface area contributed by atoms with Crippen molar-refractivity contribution in [1.29, 1.82) is 0 Å². The van der Waals surface area contributed by atoms with E-state index in [1.807, 2.05) is 45.0 Å². The van der Waals surface area contributed by atoms with E-state index in [0.29, 0.717) is 19.4 Å². The molecule has 1 saturated heterocycles. The number of amides is 1. The van der Waals surface area contributed by atoms with Gasteiger partial charge in [0.1, 0.15) is 11.1 Å². The molecule has 6 heteroatoms. The zero-order valence-electron chi connectivity index (χ0n) is 14.6. The van der Waals surface area contributed by atoms with Gasteiger partial charge in [-0.05, 0) is 51.3 Å². The standard InChI is InChI=1S/C18H24BrNO4/c1-17(2,3)24-16(22)20-11-5-10-18(20,15(21)23-4)12-13-6-8-14(19)9-7-13/h6-9H,5,10-12H2,1-4H3. The predicted octanol–water partition coefficient (Wildman–Crippen LogP) is 3.93. The largest absolute Gasteiger partial charge is 0.467 e. The highest BCUT2D eigenvalue weighted by Gasteiger charge is 2.51. The molecule has 0 spiro atoms. The van der Waals surface area contributed by atoms with Crippen LogP contribution in [0.5, 0.6) is 0 Å². The highest BCUT2D eigenvalue weighted by molar-refractivity contribution is 9.10. The zero-order valence-corrected chi connectivity index (χ0v) is 16.2. The zero-order chi connectivity index (χ0) is 18.0. The first-order valence-electron chi connectivity index (χ1n) is 8.01. The van der Waals surface area contributed by atoms with E-state index in [0.717, 1.165) is 16.5 Å². The fourth-order valence-corrected chi connectivity index (χ4v) is 3.32. The van der Waals surface area contributed by atoms with Gasteiger partial charge in [-0.1, -0.05) is 28.1 Å². The second-order valence-electron chi connectivity index (χ2n) is 7.06. The van der Waals surface area contributed by atoms with E-state index in [9.17, 15) is 9.59 Å². The molecule has 1 aliphatic rings. The molecule has 1 aromatic rings. The van der Waals surface area contributed by atoms with Crippen LogP contribution >= 0.6 is 15.9 Å². The average molecular weight is 398 g/mol. The Balaban J connectivity index is 2.33. The summed E-state index contributed by atoms with van der Waals surface area (Å²) in [4.78, 5) is 26.8. The van der Waals surface area contributed by atoms with Crippen LogP contribution in [0.2, 0.25) is 0 Å². The Morgan fingerprint density at radius 2 is 1.88 bits per heavy atom. The first kappa shape index (κ1) is 18.8. The van der Waals surface area contributed by atoms with E-state index in [1.54, 1.807) is 0 Å². The first-order valence-corrected chi connectivity index (χ1v) is 8.81. The molecular formula is C18H24BrNO4. The van der Waals surface area contributed by atoms with E-state index in [2.05, 4.69) is 15.9 Å². The van der Waals surface area contributed by atoms with Crippen molar-refractivity contribution in [2.24, 2.45) is 0 Å². The second-order valence-corrected chi connectivity index (χ2v) is 7.98. The fourth-order valence-electron chi connectivity index (χ4n) is 3.06. The van der Waals surface area contributed by atoms with Gasteiger partial charge in [0.05, 0.1) is 7.11 Å². The summed E-state index contributed by atoms with van der Waals surface area (Å²) < 4.78 is 11.5. The Morgan fingerprint density at radius 1 is 1.25 bits per heavy atom. The van der Waals surface area contributed by atoms with Crippen molar-refractivity contribution < 1.29 is 19.1 Å². The first-order chi connectivity index (χ1) is 11.2. The third kappa shape index (κ3) is 4.09. The molecule has 132 valence electrons. The lowest BCUT2D eigenvalue weighted by Gasteiger charge is -2.37. The van der Waals surface area contributed by atoms with E-state index in [-0.39, 0.29) is 0 Å². The Bertz CT molecular complexity index is 608. The molecule has 1 atom stereocenters. The van der Waals surface area contributed by atoms with Gasteiger partial charge < -0.3 is 9.47 Å². The number of ether oxygens (including phenoxy) is 2. The molecule has 1 amide bonds. The van der Waals surface area contributed by atoms with Crippen molar-refractivity contribution in [1.82, 2.24) is 4.90 Å². The molecule has 1 aromatic carbocycles. The molecular weight excluding hydrogens is 374 g/mol. The molecule has 1 aliphatic heterocycles. The van der Waals surface area contributed by atoms with E-state index >= 15 is 0 Å². The Morgan fingerprint density at radius 3 is 2.42 bits per heavy atom. The SMILES string of the molecule is COC(=O)C1(Cc2ccc(Br)cc2)CCCN1C(=O)OC(C)(C)C. The van der Waals surface area contributed by atoms with Gasteiger partial charge in [0.2, 0.25) is 0 Å².